The van der Waals surface area contributed by atoms with Gasteiger partial charge in [0.25, 0.3) is 15.9 Å². The molecule has 10 heteroatoms. The lowest BCUT2D eigenvalue weighted by atomic mass is 10.2. The van der Waals surface area contributed by atoms with E-state index in [4.69, 9.17) is 9.47 Å². The minimum Gasteiger partial charge on any atom is -0.486 e. The summed E-state index contributed by atoms with van der Waals surface area (Å²) in [6.45, 7) is 1.96. The molecule has 0 unspecified atom stereocenters. The van der Waals surface area contributed by atoms with Crippen LogP contribution in [0.1, 0.15) is 11.1 Å². The van der Waals surface area contributed by atoms with Gasteiger partial charge in [0.05, 0.1) is 16.8 Å². The van der Waals surface area contributed by atoms with Crippen LogP contribution >= 0.6 is 0 Å². The molecule has 1 aliphatic rings. The molecule has 1 amide bonds. The van der Waals surface area contributed by atoms with Crippen molar-refractivity contribution in [2.45, 2.75) is 11.8 Å². The molecule has 0 fully saturated rings. The molecule has 1 aliphatic heterocycles. The first-order chi connectivity index (χ1) is 16.4. The van der Waals surface area contributed by atoms with Crippen LogP contribution in [0.2, 0.25) is 0 Å². The minimum atomic E-state index is -4.23. The Kier molecular flexibility index (Phi) is 6.78. The van der Waals surface area contributed by atoms with Crippen molar-refractivity contribution in [3.05, 3.63) is 83.7 Å². The predicted octanol–water partition coefficient (Wildman–Crippen LogP) is 3.25. The van der Waals surface area contributed by atoms with E-state index in [1.54, 1.807) is 30.3 Å². The SMILES string of the molecule is Cc1ccc(S(=O)(=O)N(CC(=O)N/N=C\c2cccc3c2OCCO3)c2ccccc2F)cc1. The Balaban J connectivity index is 1.56. The van der Waals surface area contributed by atoms with Gasteiger partial charge in [0.15, 0.2) is 11.5 Å². The molecular weight excluding hydrogens is 461 g/mol. The molecule has 34 heavy (non-hydrogen) atoms. The average molecular weight is 484 g/mol. The van der Waals surface area contributed by atoms with Crippen molar-refractivity contribution in [1.29, 1.82) is 0 Å². The number of aryl methyl sites for hydroxylation is 1. The number of amides is 1. The van der Waals surface area contributed by atoms with Gasteiger partial charge in [0, 0.05) is 5.56 Å². The number of ether oxygens (including phenoxy) is 2. The topological polar surface area (TPSA) is 97.3 Å². The molecule has 4 rings (SSSR count). The van der Waals surface area contributed by atoms with E-state index >= 15 is 0 Å². The summed E-state index contributed by atoms with van der Waals surface area (Å²) in [6.07, 6.45) is 1.37. The fraction of sp³-hybridized carbons (Fsp3) is 0.167. The van der Waals surface area contributed by atoms with Crippen LogP contribution in [0.25, 0.3) is 0 Å². The van der Waals surface area contributed by atoms with Gasteiger partial charge in [0.1, 0.15) is 25.6 Å². The lowest BCUT2D eigenvalue weighted by Crippen LogP contribution is -2.40. The number of fused-ring (bicyclic) bond motifs is 1. The third kappa shape index (κ3) is 5.01. The quantitative estimate of drug-likeness (QED) is 0.411. The number of hydrogen-bond donors (Lipinski definition) is 1. The van der Waals surface area contributed by atoms with Gasteiger partial charge in [-0.25, -0.2) is 18.2 Å². The maximum absolute atomic E-state index is 14.5. The number of nitrogens with one attached hydrogen (secondary N) is 1. The molecule has 0 spiro atoms. The molecule has 0 aromatic heterocycles. The van der Waals surface area contributed by atoms with E-state index in [2.05, 4.69) is 10.5 Å². The fourth-order valence-electron chi connectivity index (χ4n) is 3.33. The number of hydrazone groups is 1. The molecule has 0 bridgehead atoms. The van der Waals surface area contributed by atoms with Crippen LogP contribution in [0.3, 0.4) is 0 Å². The highest BCUT2D eigenvalue weighted by atomic mass is 32.2. The van der Waals surface area contributed by atoms with E-state index in [0.29, 0.717) is 30.3 Å². The Labute approximate surface area is 196 Å². The first kappa shape index (κ1) is 23.2. The van der Waals surface area contributed by atoms with Crippen LogP contribution in [0.15, 0.2) is 76.7 Å². The summed E-state index contributed by atoms with van der Waals surface area (Å²) >= 11 is 0. The standard InChI is InChI=1S/C24H22FN3O5S/c1-17-9-11-19(12-10-17)34(30,31)28(21-7-3-2-6-20(21)25)16-23(29)27-26-15-18-5-4-8-22-24(18)33-14-13-32-22/h2-12,15H,13-14,16H2,1H3,(H,27,29)/b26-15-. The first-order valence-corrected chi connectivity index (χ1v) is 11.8. The number of carbonyl (C=O) groups excluding carboxylic acids is 1. The van der Waals surface area contributed by atoms with Gasteiger partial charge in [0.2, 0.25) is 0 Å². The molecule has 3 aromatic carbocycles. The van der Waals surface area contributed by atoms with Crippen molar-refractivity contribution < 1.29 is 27.1 Å². The normalized spacial score (nSPS) is 13.0. The summed E-state index contributed by atoms with van der Waals surface area (Å²) in [4.78, 5) is 12.6. The van der Waals surface area contributed by atoms with Crippen LogP contribution in [-0.4, -0.2) is 40.3 Å². The predicted molar refractivity (Wildman–Crippen MR) is 125 cm³/mol. The third-order valence-electron chi connectivity index (χ3n) is 5.01. The zero-order valence-electron chi connectivity index (χ0n) is 18.3. The Bertz CT molecular complexity index is 1330. The van der Waals surface area contributed by atoms with E-state index in [1.807, 2.05) is 6.92 Å². The Morgan fingerprint density at radius 3 is 2.56 bits per heavy atom. The van der Waals surface area contributed by atoms with Gasteiger partial charge in [-0.3, -0.25) is 9.10 Å². The second-order valence-corrected chi connectivity index (χ2v) is 9.30. The molecule has 0 radical (unpaired) electrons. The maximum atomic E-state index is 14.5. The van der Waals surface area contributed by atoms with Gasteiger partial charge >= 0.3 is 0 Å². The van der Waals surface area contributed by atoms with Crippen LogP contribution in [0.4, 0.5) is 10.1 Å². The van der Waals surface area contributed by atoms with Crippen LogP contribution in [0.5, 0.6) is 11.5 Å². The number of halogens is 1. The highest BCUT2D eigenvalue weighted by Gasteiger charge is 2.29. The Morgan fingerprint density at radius 1 is 1.06 bits per heavy atom. The van der Waals surface area contributed by atoms with E-state index < -0.39 is 28.3 Å². The second-order valence-electron chi connectivity index (χ2n) is 7.44. The molecule has 1 heterocycles. The summed E-state index contributed by atoms with van der Waals surface area (Å²) in [5, 5.41) is 3.91. The van der Waals surface area contributed by atoms with Crippen molar-refractivity contribution in [3.63, 3.8) is 0 Å². The molecule has 1 N–H and O–H groups in total. The molecule has 176 valence electrons. The number of rotatable bonds is 7. The summed E-state index contributed by atoms with van der Waals surface area (Å²) < 4.78 is 53.0. The fourth-order valence-corrected chi connectivity index (χ4v) is 4.76. The number of benzene rings is 3. The highest BCUT2D eigenvalue weighted by Crippen LogP contribution is 2.32. The zero-order chi connectivity index (χ0) is 24.1. The molecule has 8 nitrogen and oxygen atoms in total. The van der Waals surface area contributed by atoms with Gasteiger partial charge in [-0.05, 0) is 43.3 Å². The van der Waals surface area contributed by atoms with Gasteiger partial charge in [-0.15, -0.1) is 0 Å². The zero-order valence-corrected chi connectivity index (χ0v) is 19.1. The van der Waals surface area contributed by atoms with Crippen molar-refractivity contribution >= 4 is 27.8 Å². The van der Waals surface area contributed by atoms with E-state index in [0.717, 1.165) is 15.9 Å². The Hall–Kier alpha value is -3.92. The lowest BCUT2D eigenvalue weighted by molar-refractivity contribution is -0.119. The first-order valence-electron chi connectivity index (χ1n) is 10.4. The number of anilines is 1. The molecular formula is C24H22FN3O5S. The third-order valence-corrected chi connectivity index (χ3v) is 6.78. The second kappa shape index (κ2) is 9.92. The molecule has 0 atom stereocenters. The summed E-state index contributed by atoms with van der Waals surface area (Å²) in [6, 6.07) is 16.7. The van der Waals surface area contributed by atoms with E-state index in [1.165, 1.54) is 36.5 Å². The van der Waals surface area contributed by atoms with Crippen LogP contribution < -0.4 is 19.2 Å². The average Bonchev–Trinajstić information content (AvgIpc) is 2.83. The van der Waals surface area contributed by atoms with Crippen molar-refractivity contribution in [2.75, 3.05) is 24.1 Å². The molecule has 3 aromatic rings. The van der Waals surface area contributed by atoms with Crippen LogP contribution in [-0.2, 0) is 14.8 Å². The maximum Gasteiger partial charge on any atom is 0.264 e. The van der Waals surface area contributed by atoms with E-state index in [9.17, 15) is 17.6 Å². The minimum absolute atomic E-state index is 0.0642. The number of carbonyl (C=O) groups is 1. The van der Waals surface area contributed by atoms with Gasteiger partial charge in [-0.2, -0.15) is 5.10 Å². The summed E-state index contributed by atoms with van der Waals surface area (Å²) in [5.41, 5.74) is 3.49. The number of sulfonamides is 1. The summed E-state index contributed by atoms with van der Waals surface area (Å²) in [7, 11) is -4.23. The monoisotopic (exact) mass is 483 g/mol. The highest BCUT2D eigenvalue weighted by molar-refractivity contribution is 7.92. The number of para-hydroxylation sites is 2. The number of nitrogens with zero attached hydrogens (tertiary/aromatic N) is 2. The summed E-state index contributed by atoms with van der Waals surface area (Å²) in [5.74, 6) is -0.460. The molecule has 0 aliphatic carbocycles. The van der Waals surface area contributed by atoms with Crippen molar-refractivity contribution in [3.8, 4) is 11.5 Å². The van der Waals surface area contributed by atoms with Crippen molar-refractivity contribution in [1.82, 2.24) is 5.43 Å². The van der Waals surface area contributed by atoms with E-state index in [-0.39, 0.29) is 10.6 Å². The van der Waals surface area contributed by atoms with Gasteiger partial charge in [-0.1, -0.05) is 35.9 Å². The lowest BCUT2D eigenvalue weighted by Gasteiger charge is -2.24. The van der Waals surface area contributed by atoms with Crippen molar-refractivity contribution in [2.24, 2.45) is 5.10 Å². The Morgan fingerprint density at radius 2 is 1.79 bits per heavy atom. The molecule has 0 saturated carbocycles. The molecule has 0 saturated heterocycles. The van der Waals surface area contributed by atoms with Crippen LogP contribution in [0, 0.1) is 12.7 Å². The number of hydrogen-bond acceptors (Lipinski definition) is 6. The largest absolute Gasteiger partial charge is 0.486 e. The smallest absolute Gasteiger partial charge is 0.264 e. The van der Waals surface area contributed by atoms with Gasteiger partial charge < -0.3 is 9.47 Å².